The Hall–Kier alpha value is -2.56. The maximum atomic E-state index is 13.3. The van der Waals surface area contributed by atoms with E-state index in [4.69, 9.17) is 4.74 Å². The number of amides is 1. The molecule has 1 heterocycles. The fourth-order valence-electron chi connectivity index (χ4n) is 2.35. The van der Waals surface area contributed by atoms with Crippen molar-refractivity contribution < 1.29 is 19.0 Å². The van der Waals surface area contributed by atoms with Gasteiger partial charge in [-0.3, -0.25) is 4.79 Å². The maximum Gasteiger partial charge on any atom is 0.258 e. The standard InChI is InChI=1S/C16H14FNO3/c17-12-5-6-14(19)13(9-12)16(20)18-7-8-21-15-4-2-1-3-11(15)10-18/h1-6,9,19H,7-8,10H2. The molecule has 0 radical (unpaired) electrons. The molecule has 1 amide bonds. The second kappa shape index (κ2) is 5.44. The number of phenolic OH excluding ortho intramolecular Hbond substituents is 1. The summed E-state index contributed by atoms with van der Waals surface area (Å²) in [7, 11) is 0. The number of para-hydroxylation sites is 1. The highest BCUT2D eigenvalue weighted by Crippen LogP contribution is 2.25. The smallest absolute Gasteiger partial charge is 0.258 e. The summed E-state index contributed by atoms with van der Waals surface area (Å²) in [5, 5.41) is 9.76. The first-order chi connectivity index (χ1) is 10.1. The lowest BCUT2D eigenvalue weighted by atomic mass is 10.1. The quantitative estimate of drug-likeness (QED) is 0.877. The number of ether oxygens (including phenoxy) is 1. The molecule has 1 aliphatic heterocycles. The zero-order valence-corrected chi connectivity index (χ0v) is 11.3. The number of carbonyl (C=O) groups excluding carboxylic acids is 1. The van der Waals surface area contributed by atoms with Crippen LogP contribution >= 0.6 is 0 Å². The maximum absolute atomic E-state index is 13.3. The van der Waals surface area contributed by atoms with E-state index < -0.39 is 11.7 Å². The van der Waals surface area contributed by atoms with Gasteiger partial charge in [0.05, 0.1) is 12.1 Å². The Balaban J connectivity index is 1.90. The molecule has 0 aliphatic carbocycles. The van der Waals surface area contributed by atoms with Crippen molar-refractivity contribution in [3.63, 3.8) is 0 Å². The van der Waals surface area contributed by atoms with Gasteiger partial charge in [0.1, 0.15) is 23.9 Å². The zero-order chi connectivity index (χ0) is 14.8. The molecule has 2 aromatic rings. The Morgan fingerprint density at radius 2 is 2.05 bits per heavy atom. The van der Waals surface area contributed by atoms with Crippen LogP contribution in [0.3, 0.4) is 0 Å². The van der Waals surface area contributed by atoms with Crippen LogP contribution in [0, 0.1) is 5.82 Å². The van der Waals surface area contributed by atoms with Crippen LogP contribution in [0.15, 0.2) is 42.5 Å². The lowest BCUT2D eigenvalue weighted by molar-refractivity contribution is 0.0729. The molecule has 0 saturated carbocycles. The molecule has 0 aromatic heterocycles. The van der Waals surface area contributed by atoms with Crippen molar-refractivity contribution >= 4 is 5.91 Å². The molecular weight excluding hydrogens is 273 g/mol. The Morgan fingerprint density at radius 1 is 1.24 bits per heavy atom. The number of halogens is 1. The van der Waals surface area contributed by atoms with E-state index >= 15 is 0 Å². The third-order valence-electron chi connectivity index (χ3n) is 3.43. The molecule has 0 atom stereocenters. The zero-order valence-electron chi connectivity index (χ0n) is 11.3. The molecule has 3 rings (SSSR count). The van der Waals surface area contributed by atoms with Gasteiger partial charge >= 0.3 is 0 Å². The Bertz CT molecular complexity index is 687. The number of hydrogen-bond acceptors (Lipinski definition) is 3. The van der Waals surface area contributed by atoms with Crippen LogP contribution in [0.2, 0.25) is 0 Å². The van der Waals surface area contributed by atoms with Crippen LogP contribution in [-0.4, -0.2) is 29.1 Å². The summed E-state index contributed by atoms with van der Waals surface area (Å²) in [6, 6.07) is 10.8. The van der Waals surface area contributed by atoms with Crippen molar-refractivity contribution in [1.29, 1.82) is 0 Å². The van der Waals surface area contributed by atoms with Crippen LogP contribution in [0.5, 0.6) is 11.5 Å². The summed E-state index contributed by atoms with van der Waals surface area (Å²) in [6.07, 6.45) is 0. The fourth-order valence-corrected chi connectivity index (χ4v) is 2.35. The number of carbonyl (C=O) groups is 1. The summed E-state index contributed by atoms with van der Waals surface area (Å²) in [5.74, 6) is -0.439. The summed E-state index contributed by atoms with van der Waals surface area (Å²) in [5.41, 5.74) is 0.855. The van der Waals surface area contributed by atoms with Gasteiger partial charge in [0.25, 0.3) is 5.91 Å². The molecule has 0 saturated heterocycles. The molecule has 0 bridgehead atoms. The van der Waals surface area contributed by atoms with Gasteiger partial charge in [-0.2, -0.15) is 0 Å². The first kappa shape index (κ1) is 13.4. The molecule has 5 heteroatoms. The average molecular weight is 287 g/mol. The lowest BCUT2D eigenvalue weighted by Crippen LogP contribution is -2.32. The predicted octanol–water partition coefficient (Wildman–Crippen LogP) is 2.57. The second-order valence-corrected chi connectivity index (χ2v) is 4.84. The van der Waals surface area contributed by atoms with Gasteiger partial charge < -0.3 is 14.7 Å². The van der Waals surface area contributed by atoms with E-state index in [1.807, 2.05) is 24.3 Å². The molecule has 108 valence electrons. The summed E-state index contributed by atoms with van der Waals surface area (Å²) < 4.78 is 18.9. The molecule has 1 aliphatic rings. The fraction of sp³-hybridized carbons (Fsp3) is 0.188. The molecule has 1 N–H and O–H groups in total. The summed E-state index contributed by atoms with van der Waals surface area (Å²) in [6.45, 7) is 1.10. The third-order valence-corrected chi connectivity index (χ3v) is 3.43. The number of rotatable bonds is 1. The van der Waals surface area contributed by atoms with E-state index in [9.17, 15) is 14.3 Å². The van der Waals surface area contributed by atoms with Crippen LogP contribution in [0.1, 0.15) is 15.9 Å². The van der Waals surface area contributed by atoms with Crippen molar-refractivity contribution in [2.45, 2.75) is 6.54 Å². The van der Waals surface area contributed by atoms with Gasteiger partial charge in [0, 0.05) is 12.1 Å². The Kier molecular flexibility index (Phi) is 3.48. The Morgan fingerprint density at radius 3 is 2.90 bits per heavy atom. The second-order valence-electron chi connectivity index (χ2n) is 4.84. The highest BCUT2D eigenvalue weighted by Gasteiger charge is 2.23. The van der Waals surface area contributed by atoms with Gasteiger partial charge in [-0.1, -0.05) is 18.2 Å². The molecule has 2 aromatic carbocycles. The lowest BCUT2D eigenvalue weighted by Gasteiger charge is -2.20. The molecule has 0 spiro atoms. The summed E-state index contributed by atoms with van der Waals surface area (Å²) in [4.78, 5) is 14.0. The minimum Gasteiger partial charge on any atom is -0.507 e. The number of benzene rings is 2. The average Bonchev–Trinajstić information content (AvgIpc) is 2.71. The molecule has 21 heavy (non-hydrogen) atoms. The predicted molar refractivity (Wildman–Crippen MR) is 74.7 cm³/mol. The van der Waals surface area contributed by atoms with Crippen molar-refractivity contribution in [3.8, 4) is 11.5 Å². The van der Waals surface area contributed by atoms with Gasteiger partial charge in [0.2, 0.25) is 0 Å². The first-order valence-electron chi connectivity index (χ1n) is 6.63. The number of nitrogens with zero attached hydrogens (tertiary/aromatic N) is 1. The van der Waals surface area contributed by atoms with Gasteiger partial charge in [-0.05, 0) is 24.3 Å². The highest BCUT2D eigenvalue weighted by atomic mass is 19.1. The van der Waals surface area contributed by atoms with Crippen molar-refractivity contribution in [1.82, 2.24) is 4.90 Å². The number of hydrogen-bond donors (Lipinski definition) is 1. The van der Waals surface area contributed by atoms with E-state index in [0.29, 0.717) is 19.7 Å². The number of fused-ring (bicyclic) bond motifs is 1. The van der Waals surface area contributed by atoms with E-state index in [2.05, 4.69) is 0 Å². The number of phenols is 1. The van der Waals surface area contributed by atoms with Gasteiger partial charge in [0.15, 0.2) is 0 Å². The first-order valence-corrected chi connectivity index (χ1v) is 6.63. The topological polar surface area (TPSA) is 49.8 Å². The van der Waals surface area contributed by atoms with Crippen LogP contribution in [-0.2, 0) is 6.54 Å². The number of aromatic hydroxyl groups is 1. The normalized spacial score (nSPS) is 14.0. The summed E-state index contributed by atoms with van der Waals surface area (Å²) >= 11 is 0. The highest BCUT2D eigenvalue weighted by molar-refractivity contribution is 5.96. The van der Waals surface area contributed by atoms with E-state index in [1.54, 1.807) is 4.90 Å². The largest absolute Gasteiger partial charge is 0.507 e. The minimum atomic E-state index is -0.553. The van der Waals surface area contributed by atoms with E-state index in [0.717, 1.165) is 23.4 Å². The van der Waals surface area contributed by atoms with Crippen molar-refractivity contribution in [2.24, 2.45) is 0 Å². The van der Waals surface area contributed by atoms with Crippen LogP contribution in [0.4, 0.5) is 4.39 Å². The molecule has 0 unspecified atom stereocenters. The van der Waals surface area contributed by atoms with Crippen LogP contribution < -0.4 is 4.74 Å². The SMILES string of the molecule is O=C(c1cc(F)ccc1O)N1CCOc2ccccc2C1. The van der Waals surface area contributed by atoms with Gasteiger partial charge in [-0.25, -0.2) is 4.39 Å². The molecule has 0 fully saturated rings. The molecule has 4 nitrogen and oxygen atoms in total. The van der Waals surface area contributed by atoms with E-state index in [-0.39, 0.29) is 11.3 Å². The third kappa shape index (κ3) is 2.67. The van der Waals surface area contributed by atoms with Crippen molar-refractivity contribution in [3.05, 3.63) is 59.4 Å². The van der Waals surface area contributed by atoms with Gasteiger partial charge in [-0.15, -0.1) is 0 Å². The Labute approximate surface area is 121 Å². The van der Waals surface area contributed by atoms with Crippen LogP contribution in [0.25, 0.3) is 0 Å². The van der Waals surface area contributed by atoms with Crippen molar-refractivity contribution in [2.75, 3.05) is 13.2 Å². The molecular formula is C16H14FNO3. The monoisotopic (exact) mass is 287 g/mol. The minimum absolute atomic E-state index is 0.0330. The van der Waals surface area contributed by atoms with E-state index in [1.165, 1.54) is 6.07 Å².